The molecule has 0 aromatic rings. The number of hydrogen-bond donors (Lipinski definition) is 3. The fourth-order valence-corrected chi connectivity index (χ4v) is 15.4. The number of fused-ring (bicyclic) bond motifs is 10. The molecule has 0 aromatic carbocycles. The molecule has 11 aliphatic heterocycles. The van der Waals surface area contributed by atoms with E-state index < -0.39 is 111 Å². The lowest BCUT2D eigenvalue weighted by Gasteiger charge is -2.60. The van der Waals surface area contributed by atoms with Crippen LogP contribution in [0.2, 0.25) is 0 Å². The molecule has 71 heavy (non-hydrogen) atoms. The van der Waals surface area contributed by atoms with Gasteiger partial charge in [0.05, 0.1) is 121 Å². The van der Waals surface area contributed by atoms with Crippen molar-refractivity contribution in [2.45, 2.75) is 269 Å². The van der Waals surface area contributed by atoms with Gasteiger partial charge in [0.1, 0.15) is 30.0 Å². The normalized spacial score (nSPS) is 53.9. The van der Waals surface area contributed by atoms with Gasteiger partial charge in [0.25, 0.3) is 0 Å². The zero-order valence-corrected chi connectivity index (χ0v) is 42.9. The lowest BCUT2D eigenvalue weighted by Crippen LogP contribution is -2.73. The molecule has 0 aromatic heterocycles. The summed E-state index contributed by atoms with van der Waals surface area (Å²) in [4.78, 5) is 12.4. The molecule has 11 rings (SSSR count). The number of hydrogen-bond acceptors (Lipinski definition) is 19. The molecule has 25 atom stereocenters. The standard InChI is InChI=1S/C48H72O21S2/c1-22-8-10-46(5)38(62-35-18-36-43(65-42(22)35)44(50)48(7)40(63-36)20-32-33(67-48)14-23(2)41(64-32)24(3)49)21-37-47(6,69-46)11-9-25-26(61-37)15-28-27(58-25)16-29-30(59-28)17-34-31(60-29)19-39(68-71(54,55)56)45(4,66-34)12-13-57-70(51,52)53/h22,25-44,50H,2,8-21H2,1,3-7H3,(H,51,52,53)(H,54,55,56)/t22-,25-,26+,27+,28-,29-,30+,31+,32+,33-,34-,35-,36+,37-,38+,39-,40-,41-,42+,43+,44+,45+,46-,47+,48-/m0/s1. The Hall–Kier alpha value is -1.33. The Balaban J connectivity index is 0.758. The van der Waals surface area contributed by atoms with Crippen LogP contribution in [0.15, 0.2) is 12.2 Å². The van der Waals surface area contributed by atoms with Crippen LogP contribution in [0.25, 0.3) is 0 Å². The van der Waals surface area contributed by atoms with Crippen molar-refractivity contribution in [3.63, 3.8) is 0 Å². The van der Waals surface area contributed by atoms with Gasteiger partial charge in [-0.25, -0.2) is 8.37 Å². The molecule has 11 fully saturated rings. The minimum atomic E-state index is -4.94. The average Bonchev–Trinajstić information content (AvgIpc) is 3.39. The van der Waals surface area contributed by atoms with Crippen molar-refractivity contribution in [2.24, 2.45) is 5.92 Å². The average molecular weight is 1050 g/mol. The maximum Gasteiger partial charge on any atom is 0.397 e. The Morgan fingerprint density at radius 3 is 1.83 bits per heavy atom. The van der Waals surface area contributed by atoms with E-state index in [1.54, 1.807) is 0 Å². The first-order chi connectivity index (χ1) is 33.3. The molecule has 0 saturated carbocycles. The summed E-state index contributed by atoms with van der Waals surface area (Å²) < 4.78 is 150. The highest BCUT2D eigenvalue weighted by molar-refractivity contribution is 7.81. The van der Waals surface area contributed by atoms with Crippen LogP contribution in [-0.2, 0) is 86.1 Å². The van der Waals surface area contributed by atoms with Gasteiger partial charge in [0.2, 0.25) is 0 Å². The number of carbonyl (C=O) groups is 1. The highest BCUT2D eigenvalue weighted by atomic mass is 32.3. The summed E-state index contributed by atoms with van der Waals surface area (Å²) in [5, 5.41) is 12.1. The number of aliphatic hydroxyl groups excluding tert-OH is 1. The Morgan fingerprint density at radius 1 is 0.634 bits per heavy atom. The highest BCUT2D eigenvalue weighted by Crippen LogP contribution is 2.53. The molecule has 23 heteroatoms. The van der Waals surface area contributed by atoms with Crippen molar-refractivity contribution in [1.29, 1.82) is 0 Å². The van der Waals surface area contributed by atoms with E-state index in [-0.39, 0.29) is 85.6 Å². The van der Waals surface area contributed by atoms with Crippen molar-refractivity contribution < 1.29 is 96.3 Å². The van der Waals surface area contributed by atoms with Crippen LogP contribution in [-0.4, -0.2) is 188 Å². The smallest absolute Gasteiger partial charge is 0.387 e. The van der Waals surface area contributed by atoms with Crippen LogP contribution < -0.4 is 0 Å². The van der Waals surface area contributed by atoms with Gasteiger partial charge in [-0.15, -0.1) is 0 Å². The summed E-state index contributed by atoms with van der Waals surface area (Å²) >= 11 is 0. The quantitative estimate of drug-likeness (QED) is 0.244. The predicted octanol–water partition coefficient (Wildman–Crippen LogP) is 3.21. The van der Waals surface area contributed by atoms with Gasteiger partial charge >= 0.3 is 20.8 Å². The van der Waals surface area contributed by atoms with Gasteiger partial charge in [0, 0.05) is 51.4 Å². The lowest BCUT2D eigenvalue weighted by molar-refractivity contribution is -0.367. The van der Waals surface area contributed by atoms with Crippen LogP contribution in [0.5, 0.6) is 0 Å². The van der Waals surface area contributed by atoms with Crippen LogP contribution in [0.1, 0.15) is 125 Å². The van der Waals surface area contributed by atoms with Gasteiger partial charge < -0.3 is 57.2 Å². The summed E-state index contributed by atoms with van der Waals surface area (Å²) in [6.45, 7) is 15.0. The van der Waals surface area contributed by atoms with Crippen molar-refractivity contribution in [3.8, 4) is 0 Å². The fraction of sp³-hybridized carbons (Fsp3) is 0.938. The molecule has 21 nitrogen and oxygen atoms in total. The summed E-state index contributed by atoms with van der Waals surface area (Å²) in [5.41, 5.74) is -3.11. The summed E-state index contributed by atoms with van der Waals surface area (Å²) in [7, 11) is -9.72. The molecule has 3 N–H and O–H groups in total. The minimum absolute atomic E-state index is 0.00602. The second kappa shape index (κ2) is 18.4. The van der Waals surface area contributed by atoms with E-state index >= 15 is 0 Å². The fourth-order valence-electron chi connectivity index (χ4n) is 14.5. The van der Waals surface area contributed by atoms with E-state index in [2.05, 4.69) is 31.5 Å². The van der Waals surface area contributed by atoms with Crippen molar-refractivity contribution in [3.05, 3.63) is 12.2 Å². The van der Waals surface area contributed by atoms with Crippen LogP contribution in [0.3, 0.4) is 0 Å². The van der Waals surface area contributed by atoms with Crippen LogP contribution in [0.4, 0.5) is 0 Å². The summed E-state index contributed by atoms with van der Waals surface area (Å²) in [6.07, 6.45) is -3.68. The van der Waals surface area contributed by atoms with Gasteiger partial charge in [-0.05, 0) is 78.2 Å². The Kier molecular flexibility index (Phi) is 13.4. The molecular weight excluding hydrogens is 977 g/mol. The topological polar surface area (TPSA) is 266 Å². The molecular formula is C48H72O21S2. The van der Waals surface area contributed by atoms with E-state index in [1.165, 1.54) is 13.8 Å². The Labute approximate surface area is 415 Å². The number of carbonyl (C=O) groups excluding carboxylic acids is 1. The minimum Gasteiger partial charge on any atom is -0.387 e. The first-order valence-electron chi connectivity index (χ1n) is 25.7. The van der Waals surface area contributed by atoms with Crippen LogP contribution in [0, 0.1) is 5.92 Å². The predicted molar refractivity (Wildman–Crippen MR) is 243 cm³/mol. The van der Waals surface area contributed by atoms with Crippen molar-refractivity contribution in [2.75, 3.05) is 6.61 Å². The van der Waals surface area contributed by atoms with Gasteiger partial charge in [-0.2, -0.15) is 16.8 Å². The molecule has 0 bridgehead atoms. The van der Waals surface area contributed by atoms with E-state index in [4.69, 9.17) is 60.8 Å². The summed E-state index contributed by atoms with van der Waals surface area (Å²) in [5.74, 6) is -0.0172. The van der Waals surface area contributed by atoms with E-state index in [0.29, 0.717) is 63.4 Å². The van der Waals surface area contributed by atoms with Crippen molar-refractivity contribution in [1.82, 2.24) is 0 Å². The molecule has 11 saturated heterocycles. The third-order valence-corrected chi connectivity index (χ3v) is 19.3. The number of Topliss-reactive ketones (excluding diaryl/α,β-unsaturated/α-hetero) is 1. The van der Waals surface area contributed by atoms with E-state index in [0.717, 1.165) is 12.8 Å². The Bertz CT molecular complexity index is 2290. The molecule has 0 aliphatic carbocycles. The largest absolute Gasteiger partial charge is 0.397 e. The monoisotopic (exact) mass is 1050 g/mol. The lowest BCUT2D eigenvalue weighted by atomic mass is 9.73. The first kappa shape index (κ1) is 51.8. The van der Waals surface area contributed by atoms with E-state index in [1.807, 2.05) is 6.92 Å². The first-order valence-corrected chi connectivity index (χ1v) is 28.4. The summed E-state index contributed by atoms with van der Waals surface area (Å²) in [6, 6.07) is 0. The van der Waals surface area contributed by atoms with Gasteiger partial charge in [-0.3, -0.25) is 13.9 Å². The Morgan fingerprint density at radius 2 is 1.18 bits per heavy atom. The maximum absolute atomic E-state index is 12.4. The van der Waals surface area contributed by atoms with Crippen molar-refractivity contribution >= 4 is 26.6 Å². The van der Waals surface area contributed by atoms with E-state index in [9.17, 15) is 31.3 Å². The number of rotatable bonds is 7. The second-order valence-corrected chi connectivity index (χ2v) is 25.6. The van der Waals surface area contributed by atoms with Crippen LogP contribution >= 0.6 is 0 Å². The number of ether oxygens (including phenoxy) is 11. The second-order valence-electron chi connectivity index (χ2n) is 23.4. The number of aliphatic hydroxyl groups is 1. The maximum atomic E-state index is 12.4. The third kappa shape index (κ3) is 9.67. The molecule has 11 heterocycles. The zero-order chi connectivity index (χ0) is 50.4. The number of ketones is 1. The van der Waals surface area contributed by atoms with Gasteiger partial charge in [-0.1, -0.05) is 13.5 Å². The SMILES string of the molecule is C=C1C[C@@H]2O[C@@]3(C)[C@H](C[C@H]2O[C@@H]1C(C)=O)O[C@@H]1C[C@@H]2O[C@@H]4C[C@@H]5O[C@@H]6C[C@@H]7O[C@@H]8C[C@@H]9O[C@](C)(CCOS(=O)(=O)O)[C@@H](OS(=O)(=O)O)C[C@H]9O[C@H]8C[C@H]7O[C@H]6CC[C@@]5(C)O[C@@]4(C)CC[C@H](C)[C@H]2O[C@H]1[C@H]3O. The molecule has 0 amide bonds. The molecule has 402 valence electrons. The molecule has 0 spiro atoms. The molecule has 0 unspecified atom stereocenters. The highest BCUT2D eigenvalue weighted by Gasteiger charge is 2.65. The molecule has 11 aliphatic rings. The van der Waals surface area contributed by atoms with Gasteiger partial charge in [0.15, 0.2) is 5.78 Å². The zero-order valence-electron chi connectivity index (χ0n) is 41.2. The molecule has 0 radical (unpaired) electrons. The third-order valence-electron chi connectivity index (χ3n) is 18.4.